The van der Waals surface area contributed by atoms with Crippen molar-refractivity contribution in [3.05, 3.63) is 35.9 Å². The van der Waals surface area contributed by atoms with Gasteiger partial charge in [-0.15, -0.1) is 0 Å². The molecule has 0 aliphatic heterocycles. The molecule has 0 aliphatic carbocycles. The Bertz CT molecular complexity index is 576. The average molecular weight is 346 g/mol. The number of hydrogen-bond acceptors (Lipinski definition) is 4. The first-order valence-corrected chi connectivity index (χ1v) is 8.51. The Morgan fingerprint density at radius 1 is 1.32 bits per heavy atom. The Morgan fingerprint density at radius 2 is 1.96 bits per heavy atom. The molecular formula is C18H28N5O2. The van der Waals surface area contributed by atoms with Gasteiger partial charge in [-0.25, -0.2) is 0 Å². The number of amides is 1. The molecule has 0 spiro atoms. The van der Waals surface area contributed by atoms with Crippen molar-refractivity contribution in [3.63, 3.8) is 0 Å². The molecular weight excluding hydrogens is 318 g/mol. The molecule has 3 atom stereocenters. The average Bonchev–Trinajstić information content (AvgIpc) is 2.62. The summed E-state index contributed by atoms with van der Waals surface area (Å²) in [5, 5.41) is 12.5. The largest absolute Gasteiger partial charge is 0.370 e. The molecule has 137 valence electrons. The molecule has 0 aliphatic rings. The van der Waals surface area contributed by atoms with Gasteiger partial charge >= 0.3 is 0 Å². The summed E-state index contributed by atoms with van der Waals surface area (Å²) in [7, 11) is 0. The molecule has 0 saturated heterocycles. The van der Waals surface area contributed by atoms with E-state index in [9.17, 15) is 9.59 Å². The monoisotopic (exact) mass is 346 g/mol. The van der Waals surface area contributed by atoms with E-state index in [2.05, 4.69) is 16.7 Å². The standard InChI is InChI=1S/C18H28N5O2/c1-3-12(2)15(16(24)13-8-5-4-6-9-13)23-17(25)14(19)10-7-11-22-18(20)21/h5-6,8-9,12,14-15H,3,7,10-11,19H2,1-2H3,(H,23,25)(H4,20,21,22)/t12-,14+,15-/m1/s1. The van der Waals surface area contributed by atoms with Crippen LogP contribution in [0.25, 0.3) is 0 Å². The van der Waals surface area contributed by atoms with E-state index in [0.29, 0.717) is 24.9 Å². The van der Waals surface area contributed by atoms with Crippen LogP contribution in [0, 0.1) is 17.4 Å². The first-order chi connectivity index (χ1) is 11.9. The van der Waals surface area contributed by atoms with Crippen molar-refractivity contribution in [1.29, 1.82) is 5.41 Å². The summed E-state index contributed by atoms with van der Waals surface area (Å²) >= 11 is 0. The molecule has 0 heterocycles. The third kappa shape index (κ3) is 6.93. The van der Waals surface area contributed by atoms with E-state index >= 15 is 0 Å². The molecule has 0 unspecified atom stereocenters. The van der Waals surface area contributed by atoms with E-state index in [-0.39, 0.29) is 23.6 Å². The van der Waals surface area contributed by atoms with E-state index in [1.807, 2.05) is 13.8 Å². The highest BCUT2D eigenvalue weighted by molar-refractivity contribution is 6.02. The van der Waals surface area contributed by atoms with Crippen LogP contribution < -0.4 is 22.1 Å². The number of nitrogens with one attached hydrogen (secondary N) is 3. The van der Waals surface area contributed by atoms with E-state index in [0.717, 1.165) is 6.42 Å². The van der Waals surface area contributed by atoms with Crippen LogP contribution >= 0.6 is 0 Å². The molecule has 0 aromatic heterocycles. The summed E-state index contributed by atoms with van der Waals surface area (Å²) in [6.45, 7) is 4.38. The topological polar surface area (TPSA) is 134 Å². The fourth-order valence-electron chi connectivity index (χ4n) is 2.37. The van der Waals surface area contributed by atoms with E-state index in [1.54, 1.807) is 24.3 Å². The van der Waals surface area contributed by atoms with Crippen LogP contribution in [0.4, 0.5) is 0 Å². The highest BCUT2D eigenvalue weighted by atomic mass is 16.2. The number of guanidine groups is 1. The van der Waals surface area contributed by atoms with Crippen LogP contribution in [0.15, 0.2) is 24.3 Å². The molecule has 1 aromatic carbocycles. The Morgan fingerprint density at radius 3 is 2.52 bits per heavy atom. The van der Waals surface area contributed by atoms with E-state index < -0.39 is 12.1 Å². The van der Waals surface area contributed by atoms with Crippen LogP contribution in [-0.4, -0.2) is 36.3 Å². The van der Waals surface area contributed by atoms with Gasteiger partial charge in [0.2, 0.25) is 5.91 Å². The van der Waals surface area contributed by atoms with Gasteiger partial charge in [0.25, 0.3) is 0 Å². The Labute approximate surface area is 149 Å². The molecule has 0 saturated carbocycles. The summed E-state index contributed by atoms with van der Waals surface area (Å²) in [5.74, 6) is -0.584. The van der Waals surface area contributed by atoms with Crippen molar-refractivity contribution in [2.24, 2.45) is 17.4 Å². The molecule has 1 rings (SSSR count). The first-order valence-electron chi connectivity index (χ1n) is 8.51. The smallest absolute Gasteiger partial charge is 0.237 e. The first kappa shape index (κ1) is 20.6. The predicted molar refractivity (Wildman–Crippen MR) is 98.1 cm³/mol. The van der Waals surface area contributed by atoms with Gasteiger partial charge in [0.15, 0.2) is 11.7 Å². The zero-order valence-corrected chi connectivity index (χ0v) is 14.8. The maximum Gasteiger partial charge on any atom is 0.237 e. The van der Waals surface area contributed by atoms with Crippen molar-refractivity contribution in [1.82, 2.24) is 10.6 Å². The second-order valence-electron chi connectivity index (χ2n) is 6.11. The second-order valence-corrected chi connectivity index (χ2v) is 6.11. The molecule has 1 aromatic rings. The van der Waals surface area contributed by atoms with Gasteiger partial charge in [-0.2, -0.15) is 0 Å². The molecule has 7 N–H and O–H groups in total. The number of ketones is 1. The number of carbonyl (C=O) groups excluding carboxylic acids is 2. The fraction of sp³-hybridized carbons (Fsp3) is 0.500. The van der Waals surface area contributed by atoms with Crippen LogP contribution in [0.2, 0.25) is 0 Å². The molecule has 0 fully saturated rings. The van der Waals surface area contributed by atoms with Crippen LogP contribution in [0.5, 0.6) is 0 Å². The number of nitrogens with two attached hydrogens (primary N) is 2. The molecule has 1 radical (unpaired) electrons. The maximum absolute atomic E-state index is 12.7. The third-order valence-electron chi connectivity index (χ3n) is 4.14. The zero-order chi connectivity index (χ0) is 18.8. The summed E-state index contributed by atoms with van der Waals surface area (Å²) in [4.78, 5) is 25.1. The number of carbonyl (C=O) groups is 2. The minimum Gasteiger partial charge on any atom is -0.370 e. The summed E-state index contributed by atoms with van der Waals surface area (Å²) in [5.41, 5.74) is 11.7. The van der Waals surface area contributed by atoms with Crippen molar-refractivity contribution in [2.45, 2.75) is 45.2 Å². The maximum atomic E-state index is 12.7. The Balaban J connectivity index is 2.66. The van der Waals surface area contributed by atoms with Crippen LogP contribution in [0.1, 0.15) is 43.5 Å². The number of hydrogen-bond donors (Lipinski definition) is 5. The summed E-state index contributed by atoms with van der Waals surface area (Å²) in [6.07, 6.45) is 1.80. The SMILES string of the molecule is CC[C@@H](C)[C@@H](NC(=O)[C@@H](N)CCCNC(=N)N)C(=O)c1cc[c]cc1. The van der Waals surface area contributed by atoms with Gasteiger partial charge in [0.1, 0.15) is 0 Å². The van der Waals surface area contributed by atoms with Gasteiger partial charge in [-0.1, -0.05) is 44.5 Å². The molecule has 25 heavy (non-hydrogen) atoms. The van der Waals surface area contributed by atoms with E-state index in [1.165, 1.54) is 0 Å². The normalized spacial score (nSPS) is 14.2. The Kier molecular flexibility index (Phi) is 8.63. The van der Waals surface area contributed by atoms with Gasteiger partial charge in [-0.3, -0.25) is 15.0 Å². The lowest BCUT2D eigenvalue weighted by atomic mass is 9.91. The quantitative estimate of drug-likeness (QED) is 0.185. The molecule has 7 heteroatoms. The van der Waals surface area contributed by atoms with Crippen molar-refractivity contribution in [2.75, 3.05) is 6.54 Å². The second kappa shape index (κ2) is 10.5. The number of benzene rings is 1. The molecule has 7 nitrogen and oxygen atoms in total. The predicted octanol–water partition coefficient (Wildman–Crippen LogP) is 0.791. The summed E-state index contributed by atoms with van der Waals surface area (Å²) in [6, 6.07) is 8.29. The highest BCUT2D eigenvalue weighted by Crippen LogP contribution is 2.14. The lowest BCUT2D eigenvalue weighted by Gasteiger charge is -2.25. The van der Waals surface area contributed by atoms with Crippen LogP contribution in [-0.2, 0) is 4.79 Å². The van der Waals surface area contributed by atoms with Gasteiger partial charge in [0.05, 0.1) is 12.1 Å². The minimum atomic E-state index is -0.711. The summed E-state index contributed by atoms with van der Waals surface area (Å²) < 4.78 is 0. The molecule has 0 bridgehead atoms. The van der Waals surface area contributed by atoms with Crippen molar-refractivity contribution in [3.8, 4) is 0 Å². The number of Topliss-reactive ketones (excluding diaryl/α,β-unsaturated/α-hetero) is 1. The van der Waals surface area contributed by atoms with E-state index in [4.69, 9.17) is 16.9 Å². The van der Waals surface area contributed by atoms with Crippen molar-refractivity contribution >= 4 is 17.6 Å². The molecule has 1 amide bonds. The lowest BCUT2D eigenvalue weighted by Crippen LogP contribution is -2.51. The highest BCUT2D eigenvalue weighted by Gasteiger charge is 2.28. The van der Waals surface area contributed by atoms with Gasteiger partial charge < -0.3 is 22.1 Å². The lowest BCUT2D eigenvalue weighted by molar-refractivity contribution is -0.123. The zero-order valence-electron chi connectivity index (χ0n) is 14.8. The van der Waals surface area contributed by atoms with Crippen molar-refractivity contribution < 1.29 is 9.59 Å². The third-order valence-corrected chi connectivity index (χ3v) is 4.14. The number of rotatable bonds is 10. The van der Waals surface area contributed by atoms with Gasteiger partial charge in [-0.05, 0) is 24.8 Å². The Hall–Kier alpha value is -2.41. The van der Waals surface area contributed by atoms with Gasteiger partial charge in [0, 0.05) is 12.1 Å². The fourth-order valence-corrected chi connectivity index (χ4v) is 2.37. The van der Waals surface area contributed by atoms with Crippen LogP contribution in [0.3, 0.4) is 0 Å². The minimum absolute atomic E-state index is 0.00721.